The molecule has 8 nitrogen and oxygen atoms in total. The summed E-state index contributed by atoms with van der Waals surface area (Å²) in [5.74, 6) is -1.66. The average Bonchev–Trinajstić information content (AvgIpc) is 2.79. The molecule has 1 atom stereocenters. The molecule has 1 fully saturated rings. The summed E-state index contributed by atoms with van der Waals surface area (Å²) in [6.45, 7) is 0.697. The number of carbonyl (C=O) groups is 2. The Labute approximate surface area is 109 Å². The molecule has 104 valence electrons. The van der Waals surface area contributed by atoms with Crippen LogP contribution in [0.4, 0.5) is 0 Å². The summed E-state index contributed by atoms with van der Waals surface area (Å²) < 4.78 is 6.32. The molecular formula is C11H15N3O5. The Kier molecular flexibility index (Phi) is 3.82. The number of carboxylic acid groups (broad SMARTS) is 1. The van der Waals surface area contributed by atoms with Gasteiger partial charge >= 0.3 is 5.97 Å². The van der Waals surface area contributed by atoms with Crippen molar-refractivity contribution in [2.45, 2.75) is 6.04 Å². The summed E-state index contributed by atoms with van der Waals surface area (Å²) in [5, 5.41) is 22.1. The Morgan fingerprint density at radius 3 is 2.95 bits per heavy atom. The van der Waals surface area contributed by atoms with Crippen molar-refractivity contribution in [2.75, 3.05) is 26.4 Å². The van der Waals surface area contributed by atoms with E-state index in [0.717, 1.165) is 4.68 Å². The minimum Gasteiger partial charge on any atom is -0.477 e. The van der Waals surface area contributed by atoms with Gasteiger partial charge in [0.05, 0.1) is 37.6 Å². The van der Waals surface area contributed by atoms with Crippen LogP contribution in [0.2, 0.25) is 0 Å². The molecule has 1 unspecified atom stereocenters. The van der Waals surface area contributed by atoms with E-state index in [1.807, 2.05) is 0 Å². The highest BCUT2D eigenvalue weighted by Crippen LogP contribution is 2.15. The van der Waals surface area contributed by atoms with Gasteiger partial charge in [0, 0.05) is 13.6 Å². The van der Waals surface area contributed by atoms with E-state index in [9.17, 15) is 14.7 Å². The van der Waals surface area contributed by atoms with Gasteiger partial charge in [-0.15, -0.1) is 0 Å². The van der Waals surface area contributed by atoms with Crippen molar-refractivity contribution in [3.63, 3.8) is 0 Å². The Morgan fingerprint density at radius 1 is 1.58 bits per heavy atom. The molecule has 1 saturated heterocycles. The van der Waals surface area contributed by atoms with Gasteiger partial charge < -0.3 is 19.8 Å². The van der Waals surface area contributed by atoms with E-state index in [4.69, 9.17) is 9.84 Å². The van der Waals surface area contributed by atoms with Gasteiger partial charge in [0.1, 0.15) is 0 Å². The molecule has 8 heteroatoms. The van der Waals surface area contributed by atoms with Gasteiger partial charge in [0.15, 0.2) is 5.69 Å². The molecule has 0 radical (unpaired) electrons. The van der Waals surface area contributed by atoms with Gasteiger partial charge in [-0.05, 0) is 0 Å². The molecule has 2 heterocycles. The average molecular weight is 269 g/mol. The predicted octanol–water partition coefficient (Wildman–Crippen LogP) is -1.05. The van der Waals surface area contributed by atoms with Gasteiger partial charge in [-0.3, -0.25) is 9.48 Å². The highest BCUT2D eigenvalue weighted by molar-refractivity contribution is 6.03. The summed E-state index contributed by atoms with van der Waals surface area (Å²) in [5.41, 5.74) is -0.136. The number of carbonyl (C=O) groups excluding carboxylic acids is 1. The standard InChI is InChI=1S/C11H15N3O5/c1-13-9(11(17)18)8(4-12-13)10(16)14-2-3-19-6-7(14)5-15/h4,7,15H,2-3,5-6H2,1H3,(H,17,18). The predicted molar refractivity (Wildman–Crippen MR) is 62.9 cm³/mol. The molecule has 2 rings (SSSR count). The zero-order valence-corrected chi connectivity index (χ0v) is 10.4. The summed E-state index contributed by atoms with van der Waals surface area (Å²) >= 11 is 0. The fourth-order valence-corrected chi connectivity index (χ4v) is 2.08. The lowest BCUT2D eigenvalue weighted by molar-refractivity contribution is -0.0184. The number of aromatic carboxylic acids is 1. The van der Waals surface area contributed by atoms with Crippen LogP contribution in [-0.2, 0) is 11.8 Å². The Hall–Kier alpha value is -1.93. The van der Waals surface area contributed by atoms with E-state index in [2.05, 4.69) is 5.10 Å². The highest BCUT2D eigenvalue weighted by atomic mass is 16.5. The number of morpholine rings is 1. The molecule has 1 aromatic heterocycles. The fraction of sp³-hybridized carbons (Fsp3) is 0.545. The first-order valence-corrected chi connectivity index (χ1v) is 5.81. The largest absolute Gasteiger partial charge is 0.477 e. The van der Waals surface area contributed by atoms with Crippen molar-refractivity contribution < 1.29 is 24.5 Å². The minimum atomic E-state index is -1.21. The third-order valence-electron chi connectivity index (χ3n) is 3.07. The summed E-state index contributed by atoms with van der Waals surface area (Å²) in [4.78, 5) is 24.9. The Morgan fingerprint density at radius 2 is 2.32 bits per heavy atom. The maximum atomic E-state index is 12.4. The molecule has 1 aliphatic heterocycles. The maximum Gasteiger partial charge on any atom is 0.354 e. The van der Waals surface area contributed by atoms with Crippen LogP contribution in [0.1, 0.15) is 20.8 Å². The first-order chi connectivity index (χ1) is 9.06. The van der Waals surface area contributed by atoms with Crippen molar-refractivity contribution in [3.8, 4) is 0 Å². The second-order valence-electron chi connectivity index (χ2n) is 4.25. The zero-order chi connectivity index (χ0) is 14.0. The fourth-order valence-electron chi connectivity index (χ4n) is 2.08. The van der Waals surface area contributed by atoms with Gasteiger partial charge in [0.2, 0.25) is 0 Å². The van der Waals surface area contributed by atoms with Crippen molar-refractivity contribution >= 4 is 11.9 Å². The lowest BCUT2D eigenvalue weighted by Gasteiger charge is -2.34. The van der Waals surface area contributed by atoms with Crippen LogP contribution in [-0.4, -0.2) is 69.2 Å². The number of rotatable bonds is 3. The quantitative estimate of drug-likeness (QED) is 0.725. The summed E-state index contributed by atoms with van der Waals surface area (Å²) in [6, 6.07) is -0.455. The van der Waals surface area contributed by atoms with Crippen molar-refractivity contribution in [1.82, 2.24) is 14.7 Å². The van der Waals surface area contributed by atoms with Gasteiger partial charge in [0.25, 0.3) is 5.91 Å². The number of aryl methyl sites for hydroxylation is 1. The number of ether oxygens (including phenoxy) is 1. The van der Waals surface area contributed by atoms with Crippen molar-refractivity contribution in [3.05, 3.63) is 17.5 Å². The SMILES string of the molecule is Cn1ncc(C(=O)N2CCOCC2CO)c1C(=O)O. The number of aliphatic hydroxyl groups is 1. The third kappa shape index (κ3) is 2.45. The number of aliphatic hydroxyl groups excluding tert-OH is 1. The van der Waals surface area contributed by atoms with Crippen molar-refractivity contribution in [1.29, 1.82) is 0 Å². The molecule has 0 bridgehead atoms. The minimum absolute atomic E-state index is 0.0235. The van der Waals surface area contributed by atoms with Crippen LogP contribution < -0.4 is 0 Å². The normalized spacial score (nSPS) is 19.5. The van der Waals surface area contributed by atoms with Crippen LogP contribution in [0.3, 0.4) is 0 Å². The molecule has 0 aliphatic carbocycles. The van der Waals surface area contributed by atoms with Gasteiger partial charge in [-0.2, -0.15) is 5.10 Å². The number of hydrogen-bond donors (Lipinski definition) is 2. The number of amides is 1. The lowest BCUT2D eigenvalue weighted by Crippen LogP contribution is -2.50. The third-order valence-corrected chi connectivity index (χ3v) is 3.07. The van der Waals surface area contributed by atoms with E-state index in [0.29, 0.717) is 13.2 Å². The van der Waals surface area contributed by atoms with Crippen LogP contribution >= 0.6 is 0 Å². The first kappa shape index (κ1) is 13.5. The van der Waals surface area contributed by atoms with Crippen LogP contribution in [0.5, 0.6) is 0 Å². The van der Waals surface area contributed by atoms with Crippen LogP contribution in [0.25, 0.3) is 0 Å². The topological polar surface area (TPSA) is 105 Å². The number of carboxylic acids is 1. The molecular weight excluding hydrogens is 254 g/mol. The molecule has 1 aromatic rings. The molecule has 2 N–H and O–H groups in total. The molecule has 19 heavy (non-hydrogen) atoms. The van der Waals surface area contributed by atoms with Gasteiger partial charge in [-0.25, -0.2) is 4.79 Å². The zero-order valence-electron chi connectivity index (χ0n) is 10.4. The van der Waals surface area contributed by atoms with E-state index in [-0.39, 0.29) is 24.5 Å². The van der Waals surface area contributed by atoms with E-state index < -0.39 is 17.9 Å². The Bertz CT molecular complexity index is 499. The van der Waals surface area contributed by atoms with Crippen LogP contribution in [0, 0.1) is 0 Å². The Balaban J connectivity index is 2.31. The summed E-state index contributed by atoms with van der Waals surface area (Å²) in [6.07, 6.45) is 1.23. The molecule has 1 aliphatic rings. The number of nitrogens with zero attached hydrogens (tertiary/aromatic N) is 3. The molecule has 0 spiro atoms. The van der Waals surface area contributed by atoms with E-state index >= 15 is 0 Å². The lowest BCUT2D eigenvalue weighted by atomic mass is 10.1. The molecule has 0 saturated carbocycles. The van der Waals surface area contributed by atoms with Crippen molar-refractivity contribution in [2.24, 2.45) is 7.05 Å². The molecule has 0 aromatic carbocycles. The van der Waals surface area contributed by atoms with Gasteiger partial charge in [-0.1, -0.05) is 0 Å². The maximum absolute atomic E-state index is 12.4. The first-order valence-electron chi connectivity index (χ1n) is 5.81. The summed E-state index contributed by atoms with van der Waals surface area (Å²) in [7, 11) is 1.46. The number of hydrogen-bond acceptors (Lipinski definition) is 5. The van der Waals surface area contributed by atoms with E-state index in [1.54, 1.807) is 0 Å². The second-order valence-corrected chi connectivity index (χ2v) is 4.25. The second kappa shape index (κ2) is 5.37. The van der Waals surface area contributed by atoms with E-state index in [1.165, 1.54) is 18.1 Å². The number of aromatic nitrogens is 2. The molecule has 1 amide bonds. The highest BCUT2D eigenvalue weighted by Gasteiger charge is 2.31. The monoisotopic (exact) mass is 269 g/mol. The smallest absolute Gasteiger partial charge is 0.354 e. The van der Waals surface area contributed by atoms with Crippen LogP contribution in [0.15, 0.2) is 6.20 Å².